The monoisotopic (exact) mass is 195 g/mol. The normalized spacial score (nSPS) is 11.1. The smallest absolute Gasteiger partial charge is 0.337 e. The van der Waals surface area contributed by atoms with Crippen LogP contribution in [0, 0.1) is 0 Å². The molecule has 0 spiro atoms. The number of carbonyl (C=O) groups is 1. The molecule has 0 aromatic carbocycles. The van der Waals surface area contributed by atoms with Crippen LogP contribution in [-0.4, -0.2) is 21.7 Å². The molecular formula is C10H13NO3. The largest absolute Gasteiger partial charge is 0.487 e. The van der Waals surface area contributed by atoms with Gasteiger partial charge in [-0.15, -0.1) is 0 Å². The molecule has 0 unspecified atom stereocenters. The first kappa shape index (κ1) is 10.5. The van der Waals surface area contributed by atoms with Crippen LogP contribution in [0.2, 0.25) is 0 Å². The second kappa shape index (κ2) is 3.65. The van der Waals surface area contributed by atoms with Crippen molar-refractivity contribution < 1.29 is 14.6 Å². The third-order valence-electron chi connectivity index (χ3n) is 1.38. The number of pyridine rings is 1. The Morgan fingerprint density at radius 1 is 1.43 bits per heavy atom. The lowest BCUT2D eigenvalue weighted by Crippen LogP contribution is -2.23. The maximum absolute atomic E-state index is 10.6. The van der Waals surface area contributed by atoms with Crippen LogP contribution < -0.4 is 4.74 Å². The quantitative estimate of drug-likeness (QED) is 0.783. The van der Waals surface area contributed by atoms with E-state index in [9.17, 15) is 4.79 Å². The van der Waals surface area contributed by atoms with Crippen LogP contribution in [0.5, 0.6) is 5.75 Å². The number of carboxylic acid groups (broad SMARTS) is 1. The number of carboxylic acids is 1. The fraction of sp³-hybridized carbons (Fsp3) is 0.400. The van der Waals surface area contributed by atoms with Crippen LogP contribution in [-0.2, 0) is 0 Å². The van der Waals surface area contributed by atoms with Crippen LogP contribution >= 0.6 is 0 Å². The first-order chi connectivity index (χ1) is 6.38. The van der Waals surface area contributed by atoms with E-state index in [1.807, 2.05) is 20.8 Å². The highest BCUT2D eigenvalue weighted by Crippen LogP contribution is 2.17. The van der Waals surface area contributed by atoms with Crippen LogP contribution in [0.25, 0.3) is 0 Å². The summed E-state index contributed by atoms with van der Waals surface area (Å²) in [6.07, 6.45) is 2.79. The summed E-state index contributed by atoms with van der Waals surface area (Å²) in [4.78, 5) is 14.4. The van der Waals surface area contributed by atoms with Gasteiger partial charge in [-0.3, -0.25) is 4.98 Å². The van der Waals surface area contributed by atoms with Crippen molar-refractivity contribution in [3.05, 3.63) is 24.0 Å². The van der Waals surface area contributed by atoms with Crippen molar-refractivity contribution in [2.45, 2.75) is 26.4 Å². The average Bonchev–Trinajstić information content (AvgIpc) is 2.01. The van der Waals surface area contributed by atoms with E-state index < -0.39 is 5.97 Å². The molecule has 0 aliphatic rings. The molecule has 1 aromatic heterocycles. The minimum atomic E-state index is -1.00. The highest BCUT2D eigenvalue weighted by atomic mass is 16.5. The number of hydrogen-bond acceptors (Lipinski definition) is 3. The van der Waals surface area contributed by atoms with Gasteiger partial charge in [0.05, 0.1) is 11.8 Å². The Kier molecular flexibility index (Phi) is 2.74. The molecule has 1 N–H and O–H groups in total. The fourth-order valence-corrected chi connectivity index (χ4v) is 0.945. The molecule has 4 heteroatoms. The number of hydrogen-bond donors (Lipinski definition) is 1. The van der Waals surface area contributed by atoms with Gasteiger partial charge >= 0.3 is 5.97 Å². The zero-order valence-electron chi connectivity index (χ0n) is 8.44. The molecule has 0 saturated heterocycles. The van der Waals surface area contributed by atoms with Crippen molar-refractivity contribution in [1.29, 1.82) is 0 Å². The number of rotatable bonds is 2. The van der Waals surface area contributed by atoms with Crippen molar-refractivity contribution in [3.63, 3.8) is 0 Å². The van der Waals surface area contributed by atoms with Crippen molar-refractivity contribution in [2.75, 3.05) is 0 Å². The topological polar surface area (TPSA) is 59.4 Å². The molecule has 0 aliphatic heterocycles. The Morgan fingerprint density at radius 3 is 2.57 bits per heavy atom. The van der Waals surface area contributed by atoms with Crippen LogP contribution in [0.4, 0.5) is 0 Å². The van der Waals surface area contributed by atoms with Gasteiger partial charge in [-0.2, -0.15) is 0 Å². The van der Waals surface area contributed by atoms with Crippen LogP contribution in [0.3, 0.4) is 0 Å². The molecule has 0 bridgehead atoms. The van der Waals surface area contributed by atoms with E-state index in [1.165, 1.54) is 18.5 Å². The Balaban J connectivity index is 2.89. The van der Waals surface area contributed by atoms with Gasteiger partial charge < -0.3 is 9.84 Å². The lowest BCUT2D eigenvalue weighted by atomic mass is 10.2. The van der Waals surface area contributed by atoms with Crippen molar-refractivity contribution >= 4 is 5.97 Å². The standard InChI is InChI=1S/C10H13NO3/c1-10(2,3)14-8-4-7(9(12)13)5-11-6-8/h4-6H,1-3H3,(H,12,13). The van der Waals surface area contributed by atoms with Crippen molar-refractivity contribution in [2.24, 2.45) is 0 Å². The van der Waals surface area contributed by atoms with Crippen molar-refractivity contribution in [1.82, 2.24) is 4.98 Å². The van der Waals surface area contributed by atoms with Gasteiger partial charge in [0.25, 0.3) is 0 Å². The van der Waals surface area contributed by atoms with Crippen LogP contribution in [0.1, 0.15) is 31.1 Å². The predicted molar refractivity (Wildman–Crippen MR) is 51.6 cm³/mol. The molecule has 1 rings (SSSR count). The summed E-state index contributed by atoms with van der Waals surface area (Å²) in [5.41, 5.74) is -0.217. The summed E-state index contributed by atoms with van der Waals surface area (Å²) >= 11 is 0. The molecule has 76 valence electrons. The van der Waals surface area contributed by atoms with E-state index in [0.717, 1.165) is 0 Å². The van der Waals surface area contributed by atoms with Gasteiger partial charge in [0, 0.05) is 6.20 Å². The lowest BCUT2D eigenvalue weighted by molar-refractivity contribution is 0.0694. The van der Waals surface area contributed by atoms with E-state index in [-0.39, 0.29) is 11.2 Å². The number of ether oxygens (including phenoxy) is 1. The zero-order valence-corrected chi connectivity index (χ0v) is 8.44. The van der Waals surface area contributed by atoms with Gasteiger partial charge in [0.2, 0.25) is 0 Å². The first-order valence-corrected chi connectivity index (χ1v) is 4.26. The van der Waals surface area contributed by atoms with E-state index in [4.69, 9.17) is 9.84 Å². The Hall–Kier alpha value is -1.58. The fourth-order valence-electron chi connectivity index (χ4n) is 0.945. The molecule has 1 heterocycles. The predicted octanol–water partition coefficient (Wildman–Crippen LogP) is 1.96. The summed E-state index contributed by atoms with van der Waals surface area (Å²) < 4.78 is 5.47. The SMILES string of the molecule is CC(C)(C)Oc1cncc(C(=O)O)c1. The summed E-state index contributed by atoms with van der Waals surface area (Å²) in [5.74, 6) is -0.533. The number of nitrogens with zero attached hydrogens (tertiary/aromatic N) is 1. The molecule has 0 fully saturated rings. The molecule has 0 saturated carbocycles. The molecule has 0 amide bonds. The van der Waals surface area contributed by atoms with E-state index in [1.54, 1.807) is 0 Å². The second-order valence-electron chi connectivity index (χ2n) is 3.93. The number of aromatic carboxylic acids is 1. The summed E-state index contributed by atoms with van der Waals surface area (Å²) in [5, 5.41) is 8.71. The third kappa shape index (κ3) is 3.05. The molecule has 14 heavy (non-hydrogen) atoms. The number of aromatic nitrogens is 1. The highest BCUT2D eigenvalue weighted by molar-refractivity contribution is 5.87. The maximum atomic E-state index is 10.6. The van der Waals surface area contributed by atoms with Gasteiger partial charge in [-0.25, -0.2) is 4.79 Å². The minimum Gasteiger partial charge on any atom is -0.487 e. The molecule has 1 aromatic rings. The maximum Gasteiger partial charge on any atom is 0.337 e. The van der Waals surface area contributed by atoms with Gasteiger partial charge in [-0.1, -0.05) is 0 Å². The lowest BCUT2D eigenvalue weighted by Gasteiger charge is -2.20. The molecule has 0 aliphatic carbocycles. The van der Waals surface area contributed by atoms with Gasteiger partial charge in [0.1, 0.15) is 11.4 Å². The summed E-state index contributed by atoms with van der Waals surface area (Å²) in [7, 11) is 0. The van der Waals surface area contributed by atoms with E-state index >= 15 is 0 Å². The summed E-state index contributed by atoms with van der Waals surface area (Å²) in [6, 6.07) is 1.46. The second-order valence-corrected chi connectivity index (χ2v) is 3.93. The zero-order chi connectivity index (χ0) is 10.8. The molecule has 0 atom stereocenters. The Bertz CT molecular complexity index is 341. The average molecular weight is 195 g/mol. The third-order valence-corrected chi connectivity index (χ3v) is 1.38. The minimum absolute atomic E-state index is 0.131. The Labute approximate surface area is 82.5 Å². The van der Waals surface area contributed by atoms with E-state index in [2.05, 4.69) is 4.98 Å². The molecular weight excluding hydrogens is 182 g/mol. The van der Waals surface area contributed by atoms with Gasteiger partial charge in [-0.05, 0) is 26.8 Å². The first-order valence-electron chi connectivity index (χ1n) is 4.26. The highest BCUT2D eigenvalue weighted by Gasteiger charge is 2.13. The summed E-state index contributed by atoms with van der Waals surface area (Å²) in [6.45, 7) is 5.67. The molecule has 0 radical (unpaired) electrons. The van der Waals surface area contributed by atoms with Gasteiger partial charge in [0.15, 0.2) is 0 Å². The molecule has 4 nitrogen and oxygen atoms in total. The van der Waals surface area contributed by atoms with E-state index in [0.29, 0.717) is 5.75 Å². The Morgan fingerprint density at radius 2 is 2.07 bits per heavy atom. The van der Waals surface area contributed by atoms with Crippen LogP contribution in [0.15, 0.2) is 18.5 Å². The van der Waals surface area contributed by atoms with Crippen molar-refractivity contribution in [3.8, 4) is 5.75 Å².